The minimum atomic E-state index is 0.212. The normalized spacial score (nSPS) is 22.0. The smallest absolute Gasteiger partial charge is 0.227 e. The third-order valence-electron chi connectivity index (χ3n) is 4.96. The van der Waals surface area contributed by atoms with Crippen molar-refractivity contribution in [1.82, 2.24) is 0 Å². The van der Waals surface area contributed by atoms with E-state index < -0.39 is 0 Å². The summed E-state index contributed by atoms with van der Waals surface area (Å²) in [6.07, 6.45) is 8.55. The predicted molar refractivity (Wildman–Crippen MR) is 89.5 cm³/mol. The van der Waals surface area contributed by atoms with Crippen molar-refractivity contribution in [1.29, 1.82) is 0 Å². The molecule has 0 aromatic heterocycles. The fourth-order valence-corrected chi connectivity index (χ4v) is 3.27. The number of anilines is 1. The monoisotopic (exact) mass is 287 g/mol. The molecular formula is C19H29NO. The Morgan fingerprint density at radius 2 is 1.86 bits per heavy atom. The van der Waals surface area contributed by atoms with Crippen LogP contribution in [0.3, 0.4) is 0 Å². The third kappa shape index (κ3) is 4.59. The van der Waals surface area contributed by atoms with Crippen molar-refractivity contribution < 1.29 is 4.79 Å². The van der Waals surface area contributed by atoms with Gasteiger partial charge in [-0.25, -0.2) is 0 Å². The van der Waals surface area contributed by atoms with E-state index in [0.29, 0.717) is 0 Å². The lowest BCUT2D eigenvalue weighted by Crippen LogP contribution is -2.27. The first-order valence-corrected chi connectivity index (χ1v) is 8.48. The molecule has 1 aliphatic carbocycles. The molecule has 2 nitrogen and oxygen atoms in total. The molecule has 21 heavy (non-hydrogen) atoms. The number of hydrogen-bond donors (Lipinski definition) is 1. The van der Waals surface area contributed by atoms with Crippen molar-refractivity contribution in [2.24, 2.45) is 11.8 Å². The third-order valence-corrected chi connectivity index (χ3v) is 4.96. The van der Waals surface area contributed by atoms with Gasteiger partial charge in [-0.2, -0.15) is 0 Å². The number of hydrogen-bond acceptors (Lipinski definition) is 1. The fraction of sp³-hybridized carbons (Fsp3) is 0.632. The SMILES string of the molecule is CCCCC1CCC(C(=O)Nc2ccc(C)c(C)c2)CC1. The standard InChI is InChI=1S/C19H29NO/c1-4-5-6-16-8-10-17(11-9-16)19(21)20-18-12-7-14(2)15(3)13-18/h7,12-13,16-17H,4-6,8-11H2,1-3H3,(H,20,21). The molecule has 0 heterocycles. The highest BCUT2D eigenvalue weighted by Crippen LogP contribution is 2.32. The van der Waals surface area contributed by atoms with Gasteiger partial charge in [-0.3, -0.25) is 4.79 Å². The van der Waals surface area contributed by atoms with E-state index in [1.165, 1.54) is 43.2 Å². The summed E-state index contributed by atoms with van der Waals surface area (Å²) in [4.78, 5) is 12.4. The maximum atomic E-state index is 12.4. The van der Waals surface area contributed by atoms with E-state index in [1.54, 1.807) is 0 Å². The van der Waals surface area contributed by atoms with Crippen LogP contribution in [0.5, 0.6) is 0 Å². The summed E-state index contributed by atoms with van der Waals surface area (Å²) >= 11 is 0. The van der Waals surface area contributed by atoms with E-state index in [1.807, 2.05) is 6.07 Å². The quantitative estimate of drug-likeness (QED) is 0.788. The maximum absolute atomic E-state index is 12.4. The number of amides is 1. The van der Waals surface area contributed by atoms with Gasteiger partial charge < -0.3 is 5.32 Å². The Morgan fingerprint density at radius 1 is 1.14 bits per heavy atom. The molecule has 2 heteroatoms. The molecule has 0 saturated heterocycles. The Bertz CT molecular complexity index is 472. The Balaban J connectivity index is 1.83. The molecule has 1 fully saturated rings. The summed E-state index contributed by atoms with van der Waals surface area (Å²) in [6, 6.07) is 6.15. The molecule has 1 aromatic rings. The predicted octanol–water partition coefficient (Wildman–Crippen LogP) is 5.24. The molecule has 1 aromatic carbocycles. The zero-order chi connectivity index (χ0) is 15.2. The topological polar surface area (TPSA) is 29.1 Å². The zero-order valence-electron chi connectivity index (χ0n) is 13.7. The molecule has 1 N–H and O–H groups in total. The molecule has 116 valence electrons. The van der Waals surface area contributed by atoms with E-state index in [4.69, 9.17) is 0 Å². The minimum absolute atomic E-state index is 0.212. The first-order valence-electron chi connectivity index (χ1n) is 8.48. The van der Waals surface area contributed by atoms with Gasteiger partial charge in [-0.05, 0) is 68.7 Å². The highest BCUT2D eigenvalue weighted by Gasteiger charge is 2.25. The van der Waals surface area contributed by atoms with Crippen molar-refractivity contribution in [2.45, 2.75) is 65.7 Å². The lowest BCUT2D eigenvalue weighted by molar-refractivity contribution is -0.121. The second-order valence-corrected chi connectivity index (χ2v) is 6.65. The number of carbonyl (C=O) groups is 1. The van der Waals surface area contributed by atoms with E-state index in [-0.39, 0.29) is 11.8 Å². The van der Waals surface area contributed by atoms with Gasteiger partial charge in [0.15, 0.2) is 0 Å². The van der Waals surface area contributed by atoms with Gasteiger partial charge in [0.2, 0.25) is 5.91 Å². The van der Waals surface area contributed by atoms with Crippen LogP contribution in [0, 0.1) is 25.7 Å². The summed E-state index contributed by atoms with van der Waals surface area (Å²) in [5.41, 5.74) is 3.44. The van der Waals surface area contributed by atoms with Crippen molar-refractivity contribution >= 4 is 11.6 Å². The Morgan fingerprint density at radius 3 is 2.48 bits per heavy atom. The van der Waals surface area contributed by atoms with Crippen LogP contribution in [-0.4, -0.2) is 5.91 Å². The first-order chi connectivity index (χ1) is 10.1. The van der Waals surface area contributed by atoms with Crippen LogP contribution in [0.1, 0.15) is 63.0 Å². The highest BCUT2D eigenvalue weighted by atomic mass is 16.1. The molecule has 0 aliphatic heterocycles. The minimum Gasteiger partial charge on any atom is -0.326 e. The van der Waals surface area contributed by atoms with Crippen molar-refractivity contribution in [3.05, 3.63) is 29.3 Å². The maximum Gasteiger partial charge on any atom is 0.227 e. The first kappa shape index (κ1) is 16.1. The number of carbonyl (C=O) groups excluding carboxylic acids is 1. The van der Waals surface area contributed by atoms with Gasteiger partial charge in [0.1, 0.15) is 0 Å². The second kappa shape index (κ2) is 7.63. The van der Waals surface area contributed by atoms with Crippen LogP contribution in [0.4, 0.5) is 5.69 Å². The lowest BCUT2D eigenvalue weighted by Gasteiger charge is -2.27. The number of benzene rings is 1. The zero-order valence-corrected chi connectivity index (χ0v) is 13.7. The van der Waals surface area contributed by atoms with Gasteiger partial charge in [-0.15, -0.1) is 0 Å². The molecule has 0 atom stereocenters. The summed E-state index contributed by atoms with van der Waals surface area (Å²) in [5, 5.41) is 3.10. The van der Waals surface area contributed by atoms with Gasteiger partial charge in [-0.1, -0.05) is 32.3 Å². The summed E-state index contributed by atoms with van der Waals surface area (Å²) in [5.74, 6) is 1.28. The molecule has 1 aliphatic rings. The fourth-order valence-electron chi connectivity index (χ4n) is 3.27. The molecule has 2 rings (SSSR count). The number of nitrogens with one attached hydrogen (secondary N) is 1. The van der Waals surface area contributed by atoms with Crippen LogP contribution in [0.25, 0.3) is 0 Å². The Kier molecular flexibility index (Phi) is 5.84. The molecule has 0 radical (unpaired) electrons. The van der Waals surface area contributed by atoms with E-state index in [0.717, 1.165) is 24.4 Å². The second-order valence-electron chi connectivity index (χ2n) is 6.65. The highest BCUT2D eigenvalue weighted by molar-refractivity contribution is 5.92. The van der Waals surface area contributed by atoms with Crippen LogP contribution in [0.2, 0.25) is 0 Å². The summed E-state index contributed by atoms with van der Waals surface area (Å²) < 4.78 is 0. The number of aryl methyl sites for hydroxylation is 2. The van der Waals surface area contributed by atoms with E-state index >= 15 is 0 Å². The van der Waals surface area contributed by atoms with Gasteiger partial charge in [0, 0.05) is 11.6 Å². The molecule has 1 saturated carbocycles. The Hall–Kier alpha value is -1.31. The van der Waals surface area contributed by atoms with Crippen LogP contribution in [-0.2, 0) is 4.79 Å². The average Bonchev–Trinajstić information content (AvgIpc) is 2.49. The van der Waals surface area contributed by atoms with Gasteiger partial charge in [0.25, 0.3) is 0 Å². The van der Waals surface area contributed by atoms with Crippen molar-refractivity contribution in [3.63, 3.8) is 0 Å². The molecule has 0 unspecified atom stereocenters. The molecule has 0 spiro atoms. The molecule has 1 amide bonds. The summed E-state index contributed by atoms with van der Waals surface area (Å²) in [6.45, 7) is 6.44. The van der Waals surface area contributed by atoms with Gasteiger partial charge >= 0.3 is 0 Å². The number of rotatable bonds is 5. The van der Waals surface area contributed by atoms with E-state index in [2.05, 4.69) is 38.2 Å². The van der Waals surface area contributed by atoms with Crippen LogP contribution >= 0.6 is 0 Å². The summed E-state index contributed by atoms with van der Waals surface area (Å²) in [7, 11) is 0. The average molecular weight is 287 g/mol. The molecule has 0 bridgehead atoms. The largest absolute Gasteiger partial charge is 0.326 e. The van der Waals surface area contributed by atoms with Crippen LogP contribution in [0.15, 0.2) is 18.2 Å². The number of unbranched alkanes of at least 4 members (excludes halogenated alkanes) is 1. The Labute approximate surface area is 129 Å². The van der Waals surface area contributed by atoms with E-state index in [9.17, 15) is 4.79 Å². The van der Waals surface area contributed by atoms with Crippen molar-refractivity contribution in [2.75, 3.05) is 5.32 Å². The lowest BCUT2D eigenvalue weighted by atomic mass is 9.79. The van der Waals surface area contributed by atoms with Crippen molar-refractivity contribution in [3.8, 4) is 0 Å². The molecular weight excluding hydrogens is 258 g/mol. The van der Waals surface area contributed by atoms with Crippen LogP contribution < -0.4 is 5.32 Å². The van der Waals surface area contributed by atoms with Gasteiger partial charge in [0.05, 0.1) is 0 Å².